The number of nitrogens with one attached hydrogen (secondary N) is 1. The summed E-state index contributed by atoms with van der Waals surface area (Å²) in [5.41, 5.74) is 6.79. The Bertz CT molecular complexity index is 491. The summed E-state index contributed by atoms with van der Waals surface area (Å²) in [6.45, 7) is 0.450. The molecule has 0 aliphatic heterocycles. The molecule has 6 heteroatoms. The molecule has 0 aliphatic carbocycles. The van der Waals surface area contributed by atoms with E-state index in [2.05, 4.69) is 10.4 Å². The highest BCUT2D eigenvalue weighted by molar-refractivity contribution is 7.10. The monoisotopic (exact) mass is 250 g/mol. The van der Waals surface area contributed by atoms with Gasteiger partial charge in [-0.3, -0.25) is 9.48 Å². The van der Waals surface area contributed by atoms with Crippen LogP contribution in [0.1, 0.15) is 16.5 Å². The molecule has 2 aromatic heterocycles. The summed E-state index contributed by atoms with van der Waals surface area (Å²) in [5, 5.41) is 8.72. The third-order valence-corrected chi connectivity index (χ3v) is 3.31. The molecule has 0 radical (unpaired) electrons. The van der Waals surface area contributed by atoms with Gasteiger partial charge in [0.2, 0.25) is 5.91 Å². The number of thiophene rings is 1. The molecule has 5 nitrogen and oxygen atoms in total. The van der Waals surface area contributed by atoms with E-state index in [1.54, 1.807) is 10.9 Å². The zero-order valence-electron chi connectivity index (χ0n) is 9.46. The third-order valence-electron chi connectivity index (χ3n) is 2.36. The minimum atomic E-state index is -0.591. The Labute approximate surface area is 103 Å². The summed E-state index contributed by atoms with van der Waals surface area (Å²) in [5.74, 6) is -0.170. The number of nitrogens with two attached hydrogens (primary N) is 1. The minimum absolute atomic E-state index is 0.170. The van der Waals surface area contributed by atoms with Gasteiger partial charge in [0.1, 0.15) is 6.04 Å². The maximum atomic E-state index is 11.8. The molecule has 0 saturated heterocycles. The zero-order chi connectivity index (χ0) is 12.3. The normalized spacial score (nSPS) is 12.4. The van der Waals surface area contributed by atoms with Crippen molar-refractivity contribution in [3.8, 4) is 0 Å². The van der Waals surface area contributed by atoms with Crippen molar-refractivity contribution < 1.29 is 4.79 Å². The quantitative estimate of drug-likeness (QED) is 0.843. The van der Waals surface area contributed by atoms with Crippen molar-refractivity contribution in [2.24, 2.45) is 12.8 Å². The van der Waals surface area contributed by atoms with E-state index in [0.29, 0.717) is 6.54 Å². The summed E-state index contributed by atoms with van der Waals surface area (Å²) >= 11 is 1.48. The lowest BCUT2D eigenvalue weighted by molar-refractivity contribution is -0.122. The van der Waals surface area contributed by atoms with E-state index in [0.717, 1.165) is 10.4 Å². The fourth-order valence-electron chi connectivity index (χ4n) is 1.46. The van der Waals surface area contributed by atoms with Crippen molar-refractivity contribution >= 4 is 17.2 Å². The van der Waals surface area contributed by atoms with E-state index >= 15 is 0 Å². The Hall–Kier alpha value is -1.66. The molecule has 17 heavy (non-hydrogen) atoms. The Morgan fingerprint density at radius 1 is 1.71 bits per heavy atom. The lowest BCUT2D eigenvalue weighted by Crippen LogP contribution is -2.33. The summed E-state index contributed by atoms with van der Waals surface area (Å²) in [7, 11) is 1.84. The number of amides is 1. The second-order valence-corrected chi connectivity index (χ2v) is 4.71. The second kappa shape index (κ2) is 5.11. The molecule has 2 heterocycles. The first-order chi connectivity index (χ1) is 8.16. The highest BCUT2D eigenvalue weighted by Crippen LogP contribution is 2.16. The summed E-state index contributed by atoms with van der Waals surface area (Å²) in [6.07, 6.45) is 3.58. The molecular weight excluding hydrogens is 236 g/mol. The van der Waals surface area contributed by atoms with Gasteiger partial charge >= 0.3 is 0 Å². The Balaban J connectivity index is 1.89. The number of aryl methyl sites for hydroxylation is 1. The average Bonchev–Trinajstić information content (AvgIpc) is 2.95. The first-order valence-corrected chi connectivity index (χ1v) is 6.09. The van der Waals surface area contributed by atoms with Crippen LogP contribution in [-0.2, 0) is 18.4 Å². The van der Waals surface area contributed by atoms with Gasteiger partial charge in [0.15, 0.2) is 0 Å². The molecule has 2 aromatic rings. The van der Waals surface area contributed by atoms with Crippen LogP contribution in [0.15, 0.2) is 29.9 Å². The molecule has 3 N–H and O–H groups in total. The van der Waals surface area contributed by atoms with E-state index < -0.39 is 6.04 Å². The fourth-order valence-corrected chi connectivity index (χ4v) is 2.18. The van der Waals surface area contributed by atoms with E-state index in [-0.39, 0.29) is 5.91 Å². The van der Waals surface area contributed by atoms with Gasteiger partial charge in [0, 0.05) is 30.2 Å². The van der Waals surface area contributed by atoms with Crippen LogP contribution < -0.4 is 11.1 Å². The minimum Gasteiger partial charge on any atom is -0.350 e. The molecule has 0 fully saturated rings. The Kier molecular flexibility index (Phi) is 3.55. The fraction of sp³-hybridized carbons (Fsp3) is 0.273. The number of aromatic nitrogens is 2. The van der Waals surface area contributed by atoms with Crippen molar-refractivity contribution in [2.75, 3.05) is 0 Å². The lowest BCUT2D eigenvalue weighted by atomic mass is 10.2. The summed E-state index contributed by atoms with van der Waals surface area (Å²) < 4.78 is 1.70. The van der Waals surface area contributed by atoms with Crippen LogP contribution in [0.4, 0.5) is 0 Å². The van der Waals surface area contributed by atoms with Gasteiger partial charge in [-0.1, -0.05) is 6.07 Å². The molecule has 1 amide bonds. The molecule has 0 spiro atoms. The summed E-state index contributed by atoms with van der Waals surface area (Å²) in [6, 6.07) is 3.15. The van der Waals surface area contributed by atoms with Gasteiger partial charge < -0.3 is 11.1 Å². The van der Waals surface area contributed by atoms with Crippen molar-refractivity contribution in [1.29, 1.82) is 0 Å². The smallest absolute Gasteiger partial charge is 0.242 e. The average molecular weight is 250 g/mol. The molecule has 2 rings (SSSR count). The molecule has 1 unspecified atom stereocenters. The second-order valence-electron chi connectivity index (χ2n) is 3.73. The van der Waals surface area contributed by atoms with Crippen LogP contribution in [-0.4, -0.2) is 15.7 Å². The van der Waals surface area contributed by atoms with Crippen LogP contribution in [0.3, 0.4) is 0 Å². The number of carbonyl (C=O) groups excluding carboxylic acids is 1. The number of hydrogen-bond acceptors (Lipinski definition) is 4. The highest BCUT2D eigenvalue weighted by Gasteiger charge is 2.16. The predicted octanol–water partition coefficient (Wildman–Crippen LogP) is 0.798. The molecule has 0 aromatic carbocycles. The van der Waals surface area contributed by atoms with Gasteiger partial charge in [0.05, 0.1) is 6.20 Å². The maximum Gasteiger partial charge on any atom is 0.242 e. The Morgan fingerprint density at radius 2 is 2.53 bits per heavy atom. The first kappa shape index (κ1) is 11.8. The van der Waals surface area contributed by atoms with Crippen molar-refractivity contribution in [1.82, 2.24) is 15.1 Å². The van der Waals surface area contributed by atoms with Gasteiger partial charge in [-0.2, -0.15) is 5.10 Å². The first-order valence-electron chi connectivity index (χ1n) is 5.21. The van der Waals surface area contributed by atoms with Crippen LogP contribution in [0, 0.1) is 0 Å². The maximum absolute atomic E-state index is 11.8. The van der Waals surface area contributed by atoms with Gasteiger partial charge in [-0.05, 0) is 11.4 Å². The van der Waals surface area contributed by atoms with Crippen LogP contribution >= 0.6 is 11.3 Å². The topological polar surface area (TPSA) is 72.9 Å². The van der Waals surface area contributed by atoms with Crippen molar-refractivity contribution in [2.45, 2.75) is 12.6 Å². The van der Waals surface area contributed by atoms with Gasteiger partial charge in [-0.25, -0.2) is 0 Å². The molecule has 0 saturated carbocycles. The molecule has 1 atom stereocenters. The zero-order valence-corrected chi connectivity index (χ0v) is 10.3. The van der Waals surface area contributed by atoms with E-state index in [4.69, 9.17) is 5.73 Å². The van der Waals surface area contributed by atoms with Gasteiger partial charge in [0.25, 0.3) is 0 Å². The van der Waals surface area contributed by atoms with Gasteiger partial charge in [-0.15, -0.1) is 11.3 Å². The van der Waals surface area contributed by atoms with E-state index in [9.17, 15) is 4.79 Å². The third kappa shape index (κ3) is 2.92. The largest absolute Gasteiger partial charge is 0.350 e. The molecular formula is C11H14N4OS. The van der Waals surface area contributed by atoms with Crippen LogP contribution in [0.2, 0.25) is 0 Å². The number of hydrogen-bond donors (Lipinski definition) is 2. The van der Waals surface area contributed by atoms with E-state index in [1.807, 2.05) is 30.8 Å². The SMILES string of the molecule is Cn1cc(CNC(=O)C(N)c2cccs2)cn1. The number of carbonyl (C=O) groups is 1. The van der Waals surface area contributed by atoms with Crippen molar-refractivity contribution in [3.05, 3.63) is 40.3 Å². The van der Waals surface area contributed by atoms with Crippen molar-refractivity contribution in [3.63, 3.8) is 0 Å². The standard InChI is InChI=1S/C11H14N4OS/c1-15-7-8(6-14-15)5-13-11(16)10(12)9-3-2-4-17-9/h2-4,6-7,10H,5,12H2,1H3,(H,13,16). The highest BCUT2D eigenvalue weighted by atomic mass is 32.1. The molecule has 0 aliphatic rings. The predicted molar refractivity (Wildman–Crippen MR) is 66.3 cm³/mol. The van der Waals surface area contributed by atoms with Crippen LogP contribution in [0.5, 0.6) is 0 Å². The van der Waals surface area contributed by atoms with Crippen LogP contribution in [0.25, 0.3) is 0 Å². The number of nitrogens with zero attached hydrogens (tertiary/aromatic N) is 2. The number of rotatable bonds is 4. The molecule has 90 valence electrons. The Morgan fingerprint density at radius 3 is 3.12 bits per heavy atom. The lowest BCUT2D eigenvalue weighted by Gasteiger charge is -2.09. The summed E-state index contributed by atoms with van der Waals surface area (Å²) in [4.78, 5) is 12.6. The molecule has 0 bridgehead atoms. The van der Waals surface area contributed by atoms with E-state index in [1.165, 1.54) is 11.3 Å².